The summed E-state index contributed by atoms with van der Waals surface area (Å²) in [6.45, 7) is 1.19. The average Bonchev–Trinajstić information content (AvgIpc) is 3.01. The van der Waals surface area contributed by atoms with Crippen LogP contribution in [-0.2, 0) is 18.3 Å². The molecule has 3 rings (SSSR count). The van der Waals surface area contributed by atoms with Crippen molar-refractivity contribution >= 4 is 11.7 Å². The van der Waals surface area contributed by atoms with E-state index in [1.54, 1.807) is 34.3 Å². The molecule has 1 fully saturated rings. The summed E-state index contributed by atoms with van der Waals surface area (Å²) in [5, 5.41) is 0. The number of ketones is 1. The van der Waals surface area contributed by atoms with Crippen LogP contribution >= 0.6 is 0 Å². The molecule has 23 heavy (non-hydrogen) atoms. The predicted octanol–water partition coefficient (Wildman–Crippen LogP) is 1.48. The number of piperidine rings is 1. The molecule has 0 aliphatic carbocycles. The van der Waals surface area contributed by atoms with Crippen molar-refractivity contribution in [3.8, 4) is 0 Å². The molecule has 1 aliphatic heterocycles. The van der Waals surface area contributed by atoms with Crippen molar-refractivity contribution in [3.63, 3.8) is 0 Å². The van der Waals surface area contributed by atoms with Gasteiger partial charge in [-0.1, -0.05) is 6.07 Å². The van der Waals surface area contributed by atoms with E-state index in [4.69, 9.17) is 0 Å². The van der Waals surface area contributed by atoms with Crippen LogP contribution in [0.15, 0.2) is 36.9 Å². The first-order valence-corrected chi connectivity index (χ1v) is 7.83. The van der Waals surface area contributed by atoms with Crippen molar-refractivity contribution < 1.29 is 9.59 Å². The molecule has 1 aliphatic rings. The third-order valence-corrected chi connectivity index (χ3v) is 4.26. The molecule has 0 spiro atoms. The predicted molar refractivity (Wildman–Crippen MR) is 84.8 cm³/mol. The van der Waals surface area contributed by atoms with Gasteiger partial charge >= 0.3 is 0 Å². The van der Waals surface area contributed by atoms with Crippen LogP contribution in [0, 0.1) is 5.92 Å². The molecular weight excluding hydrogens is 292 g/mol. The van der Waals surface area contributed by atoms with Gasteiger partial charge in [0, 0.05) is 50.8 Å². The Labute approximate surface area is 135 Å². The molecule has 0 N–H and O–H groups in total. The Morgan fingerprint density at radius 3 is 2.91 bits per heavy atom. The van der Waals surface area contributed by atoms with Gasteiger partial charge in [0.1, 0.15) is 0 Å². The van der Waals surface area contributed by atoms with Crippen LogP contribution in [0.25, 0.3) is 0 Å². The molecule has 2 aromatic rings. The standard InChI is InChI=1S/C17H20N4O2/c1-20-9-7-19-17(20)16(23)14-5-3-8-21(12-14)15(22)10-13-4-2-6-18-11-13/h2,4,6-7,9,11,14H,3,5,8,10,12H2,1H3/t14-/m1/s1. The SMILES string of the molecule is Cn1ccnc1C(=O)[C@@H]1CCCN(C(=O)Cc2cccnc2)C1. The highest BCUT2D eigenvalue weighted by Gasteiger charge is 2.30. The number of aromatic nitrogens is 3. The van der Waals surface area contributed by atoms with Crippen molar-refractivity contribution in [3.05, 3.63) is 48.3 Å². The van der Waals surface area contributed by atoms with Crippen LogP contribution in [0.1, 0.15) is 29.0 Å². The molecule has 120 valence electrons. The Bertz CT molecular complexity index is 696. The molecule has 6 nitrogen and oxygen atoms in total. The number of hydrogen-bond acceptors (Lipinski definition) is 4. The van der Waals surface area contributed by atoms with Crippen LogP contribution in [0.3, 0.4) is 0 Å². The van der Waals surface area contributed by atoms with E-state index in [0.29, 0.717) is 25.3 Å². The first kappa shape index (κ1) is 15.4. The van der Waals surface area contributed by atoms with Crippen LogP contribution in [0.4, 0.5) is 0 Å². The summed E-state index contributed by atoms with van der Waals surface area (Å²) in [6, 6.07) is 3.72. The van der Waals surface area contributed by atoms with Crippen LogP contribution in [-0.4, -0.2) is 44.2 Å². The van der Waals surface area contributed by atoms with Gasteiger partial charge in [0.25, 0.3) is 0 Å². The first-order chi connectivity index (χ1) is 11.1. The van der Waals surface area contributed by atoms with Crippen molar-refractivity contribution in [2.24, 2.45) is 13.0 Å². The highest BCUT2D eigenvalue weighted by Crippen LogP contribution is 2.21. The van der Waals surface area contributed by atoms with Gasteiger partial charge < -0.3 is 9.47 Å². The lowest BCUT2D eigenvalue weighted by atomic mass is 9.93. The lowest BCUT2D eigenvalue weighted by Crippen LogP contribution is -2.43. The Morgan fingerprint density at radius 2 is 2.22 bits per heavy atom. The number of hydrogen-bond donors (Lipinski definition) is 0. The number of carbonyl (C=O) groups excluding carboxylic acids is 2. The zero-order chi connectivity index (χ0) is 16.2. The molecule has 1 amide bonds. The van der Waals surface area contributed by atoms with E-state index in [1.807, 2.05) is 19.2 Å². The second-order valence-electron chi connectivity index (χ2n) is 5.94. The normalized spacial score (nSPS) is 18.0. The molecule has 0 saturated carbocycles. The number of carbonyl (C=O) groups is 2. The van der Waals surface area contributed by atoms with E-state index in [-0.39, 0.29) is 17.6 Å². The van der Waals surface area contributed by atoms with Crippen LogP contribution < -0.4 is 0 Å². The van der Waals surface area contributed by atoms with Gasteiger partial charge in [0.05, 0.1) is 6.42 Å². The molecule has 1 saturated heterocycles. The minimum atomic E-state index is -0.164. The fourth-order valence-corrected chi connectivity index (χ4v) is 2.99. The summed E-state index contributed by atoms with van der Waals surface area (Å²) in [4.78, 5) is 35.0. The number of likely N-dealkylation sites (tertiary alicyclic amines) is 1. The number of aryl methyl sites for hydroxylation is 1. The molecule has 0 unspecified atom stereocenters. The van der Waals surface area contributed by atoms with Crippen LogP contribution in [0.5, 0.6) is 0 Å². The molecule has 0 radical (unpaired) electrons. The highest BCUT2D eigenvalue weighted by atomic mass is 16.2. The highest BCUT2D eigenvalue weighted by molar-refractivity contribution is 5.95. The number of rotatable bonds is 4. The fraction of sp³-hybridized carbons (Fsp3) is 0.412. The van der Waals surface area contributed by atoms with Gasteiger partial charge in [0.2, 0.25) is 11.7 Å². The van der Waals surface area contributed by atoms with Gasteiger partial charge in [-0.15, -0.1) is 0 Å². The molecule has 0 bridgehead atoms. The molecular formula is C17H20N4O2. The Balaban J connectivity index is 1.65. The van der Waals surface area contributed by atoms with E-state index < -0.39 is 0 Å². The minimum Gasteiger partial charge on any atom is -0.342 e. The van der Waals surface area contributed by atoms with Crippen molar-refractivity contribution in [2.45, 2.75) is 19.3 Å². The zero-order valence-corrected chi connectivity index (χ0v) is 13.2. The number of imidazole rings is 1. The molecule has 6 heteroatoms. The first-order valence-electron chi connectivity index (χ1n) is 7.83. The third-order valence-electron chi connectivity index (χ3n) is 4.26. The lowest BCUT2D eigenvalue weighted by Gasteiger charge is -2.32. The fourth-order valence-electron chi connectivity index (χ4n) is 2.99. The van der Waals surface area contributed by atoms with E-state index in [9.17, 15) is 9.59 Å². The summed E-state index contributed by atoms with van der Waals surface area (Å²) in [5.41, 5.74) is 0.898. The number of amides is 1. The van der Waals surface area contributed by atoms with Crippen molar-refractivity contribution in [1.82, 2.24) is 19.4 Å². The monoisotopic (exact) mass is 312 g/mol. The van der Waals surface area contributed by atoms with E-state index >= 15 is 0 Å². The topological polar surface area (TPSA) is 68.1 Å². The Morgan fingerprint density at radius 1 is 1.35 bits per heavy atom. The molecule has 3 heterocycles. The second-order valence-corrected chi connectivity index (χ2v) is 5.94. The van der Waals surface area contributed by atoms with Crippen LogP contribution in [0.2, 0.25) is 0 Å². The molecule has 2 aromatic heterocycles. The van der Waals surface area contributed by atoms with Crippen molar-refractivity contribution in [2.75, 3.05) is 13.1 Å². The quantitative estimate of drug-likeness (QED) is 0.802. The zero-order valence-electron chi connectivity index (χ0n) is 13.2. The minimum absolute atomic E-state index is 0.0244. The summed E-state index contributed by atoms with van der Waals surface area (Å²) in [5.74, 6) is 0.381. The molecule has 1 atom stereocenters. The maximum atomic E-state index is 12.6. The molecule has 0 aromatic carbocycles. The number of nitrogens with zero attached hydrogens (tertiary/aromatic N) is 4. The Hall–Kier alpha value is -2.50. The van der Waals surface area contributed by atoms with E-state index in [0.717, 1.165) is 18.4 Å². The maximum Gasteiger partial charge on any atom is 0.227 e. The van der Waals surface area contributed by atoms with Gasteiger partial charge in [0.15, 0.2) is 5.82 Å². The third kappa shape index (κ3) is 3.47. The summed E-state index contributed by atoms with van der Waals surface area (Å²) < 4.78 is 1.73. The smallest absolute Gasteiger partial charge is 0.227 e. The lowest BCUT2D eigenvalue weighted by molar-refractivity contribution is -0.131. The second kappa shape index (κ2) is 6.73. The van der Waals surface area contributed by atoms with Gasteiger partial charge in [-0.25, -0.2) is 4.98 Å². The van der Waals surface area contributed by atoms with Gasteiger partial charge in [-0.3, -0.25) is 14.6 Å². The summed E-state index contributed by atoms with van der Waals surface area (Å²) >= 11 is 0. The number of Topliss-reactive ketones (excluding diaryl/α,β-unsaturated/α-hetero) is 1. The number of pyridine rings is 1. The largest absolute Gasteiger partial charge is 0.342 e. The van der Waals surface area contributed by atoms with E-state index in [1.165, 1.54) is 0 Å². The van der Waals surface area contributed by atoms with E-state index in [2.05, 4.69) is 9.97 Å². The van der Waals surface area contributed by atoms with Gasteiger partial charge in [-0.05, 0) is 24.5 Å². The maximum absolute atomic E-state index is 12.6. The van der Waals surface area contributed by atoms with Crippen molar-refractivity contribution in [1.29, 1.82) is 0 Å². The summed E-state index contributed by atoms with van der Waals surface area (Å²) in [7, 11) is 1.81. The average molecular weight is 312 g/mol. The Kier molecular flexibility index (Phi) is 4.50. The summed E-state index contributed by atoms with van der Waals surface area (Å²) in [6.07, 6.45) is 8.77. The van der Waals surface area contributed by atoms with Gasteiger partial charge in [-0.2, -0.15) is 0 Å².